The average molecular weight is 357 g/mol. The highest BCUT2D eigenvalue weighted by Gasteiger charge is 2.32. The highest BCUT2D eigenvalue weighted by Crippen LogP contribution is 2.26. The van der Waals surface area contributed by atoms with Crippen LogP contribution in [0, 0.1) is 5.92 Å². The van der Waals surface area contributed by atoms with Gasteiger partial charge in [0.25, 0.3) is 5.91 Å². The fourth-order valence-electron chi connectivity index (χ4n) is 3.83. The Balaban J connectivity index is 1.77. The number of carbonyl (C=O) groups excluding carboxylic acids is 2. The Bertz CT molecular complexity index is 862. The zero-order valence-electron chi connectivity index (χ0n) is 15.0. The van der Waals surface area contributed by atoms with Crippen LogP contribution in [0.15, 0.2) is 12.3 Å². The maximum absolute atomic E-state index is 12.5. The Labute approximate surface area is 151 Å². The molecule has 1 saturated heterocycles. The lowest BCUT2D eigenvalue weighted by atomic mass is 9.89. The number of fused-ring (bicyclic) bond motifs is 3. The summed E-state index contributed by atoms with van der Waals surface area (Å²) >= 11 is 0. The number of hydrogen-bond donors (Lipinski definition) is 3. The van der Waals surface area contributed by atoms with Crippen LogP contribution in [0.1, 0.15) is 29.6 Å². The first kappa shape index (κ1) is 16.6. The van der Waals surface area contributed by atoms with Crippen LogP contribution in [0.3, 0.4) is 0 Å². The van der Waals surface area contributed by atoms with E-state index < -0.39 is 0 Å². The third-order valence-electron chi connectivity index (χ3n) is 5.13. The number of anilines is 2. The van der Waals surface area contributed by atoms with Gasteiger partial charge in [0, 0.05) is 45.2 Å². The van der Waals surface area contributed by atoms with E-state index in [2.05, 4.69) is 26.0 Å². The fraction of sp³-hybridized carbons (Fsp3) is 0.529. The number of likely N-dealkylation sites (tertiary alicyclic amines) is 1. The van der Waals surface area contributed by atoms with Crippen LogP contribution in [0.5, 0.6) is 0 Å². The predicted molar refractivity (Wildman–Crippen MR) is 97.3 cm³/mol. The van der Waals surface area contributed by atoms with Crippen molar-refractivity contribution in [2.45, 2.75) is 25.3 Å². The number of nitrogens with one attached hydrogen (secondary N) is 3. The van der Waals surface area contributed by atoms with Crippen LogP contribution in [-0.4, -0.2) is 64.5 Å². The molecular weight excluding hydrogens is 334 g/mol. The molecule has 9 heteroatoms. The van der Waals surface area contributed by atoms with Gasteiger partial charge in [0.2, 0.25) is 5.91 Å². The molecule has 4 heterocycles. The van der Waals surface area contributed by atoms with Gasteiger partial charge in [-0.05, 0) is 19.3 Å². The summed E-state index contributed by atoms with van der Waals surface area (Å²) in [6.07, 6.45) is 3.83. The van der Waals surface area contributed by atoms with Crippen molar-refractivity contribution >= 4 is 29.1 Å². The molecule has 2 aliphatic rings. The molecule has 2 amide bonds. The molecule has 0 radical (unpaired) electrons. The summed E-state index contributed by atoms with van der Waals surface area (Å²) in [7, 11) is 3.64. The molecule has 2 aliphatic heterocycles. The van der Waals surface area contributed by atoms with E-state index in [1.165, 1.54) is 6.20 Å². The van der Waals surface area contributed by atoms with Gasteiger partial charge in [-0.15, -0.1) is 0 Å². The molecular formula is C17H23N7O2. The van der Waals surface area contributed by atoms with Gasteiger partial charge in [0.05, 0.1) is 6.20 Å². The standard InChI is InChI=1S/C17H23N7O2/c1-18-14-7-13-21-11-6-10(17(26)23(2)9-11)4-3-5-19-16(25)12-8-20-24(14)15(12)22-13/h7-8,10-11,18H,3-6,9H2,1-2H3,(H,19,25)(H,21,22). The number of nitrogens with zero attached hydrogens (tertiary/aromatic N) is 4. The van der Waals surface area contributed by atoms with Crippen molar-refractivity contribution in [3.63, 3.8) is 0 Å². The monoisotopic (exact) mass is 357 g/mol. The van der Waals surface area contributed by atoms with Crippen LogP contribution >= 0.6 is 0 Å². The minimum Gasteiger partial charge on any atom is -0.373 e. The summed E-state index contributed by atoms with van der Waals surface area (Å²) in [5.41, 5.74) is 0.952. The quantitative estimate of drug-likeness (QED) is 0.689. The molecule has 1 fully saturated rings. The highest BCUT2D eigenvalue weighted by atomic mass is 16.2. The Morgan fingerprint density at radius 1 is 1.35 bits per heavy atom. The molecule has 2 aromatic heterocycles. The number of amides is 2. The first-order valence-electron chi connectivity index (χ1n) is 8.93. The Hall–Kier alpha value is -2.84. The van der Waals surface area contributed by atoms with Crippen LogP contribution in [0.2, 0.25) is 0 Å². The first-order valence-corrected chi connectivity index (χ1v) is 8.93. The van der Waals surface area contributed by atoms with Gasteiger partial charge in [-0.2, -0.15) is 9.61 Å². The maximum Gasteiger partial charge on any atom is 0.256 e. The topological polar surface area (TPSA) is 104 Å². The third-order valence-corrected chi connectivity index (χ3v) is 5.13. The molecule has 2 atom stereocenters. The average Bonchev–Trinajstić information content (AvgIpc) is 3.05. The predicted octanol–water partition coefficient (Wildman–Crippen LogP) is 0.553. The molecule has 0 saturated carbocycles. The van der Waals surface area contributed by atoms with Gasteiger partial charge in [-0.25, -0.2) is 4.98 Å². The zero-order chi connectivity index (χ0) is 18.3. The summed E-state index contributed by atoms with van der Waals surface area (Å²) in [5.74, 6) is 1.36. The summed E-state index contributed by atoms with van der Waals surface area (Å²) in [5, 5.41) is 13.7. The molecule has 9 nitrogen and oxygen atoms in total. The number of aromatic nitrogens is 3. The van der Waals surface area contributed by atoms with Crippen molar-refractivity contribution in [2.75, 3.05) is 37.8 Å². The van der Waals surface area contributed by atoms with E-state index in [0.717, 1.165) is 25.1 Å². The first-order chi connectivity index (χ1) is 12.6. The van der Waals surface area contributed by atoms with E-state index in [9.17, 15) is 9.59 Å². The SMILES string of the molecule is CNc1cc2nc3c(cnn13)C(=O)NCCCC1CC(CN(C)C1=O)N2. The van der Waals surface area contributed by atoms with Gasteiger partial charge in [0.1, 0.15) is 17.2 Å². The van der Waals surface area contributed by atoms with Gasteiger partial charge in [0.15, 0.2) is 5.65 Å². The molecule has 2 unspecified atom stereocenters. The number of piperidine rings is 1. The number of likely N-dealkylation sites (N-methyl/N-ethyl adjacent to an activating group) is 1. The lowest BCUT2D eigenvalue weighted by Crippen LogP contribution is -2.48. The van der Waals surface area contributed by atoms with Crippen molar-refractivity contribution in [1.82, 2.24) is 24.8 Å². The van der Waals surface area contributed by atoms with E-state index >= 15 is 0 Å². The van der Waals surface area contributed by atoms with Gasteiger partial charge >= 0.3 is 0 Å². The minimum atomic E-state index is -0.197. The summed E-state index contributed by atoms with van der Waals surface area (Å²) in [6.45, 7) is 1.17. The van der Waals surface area contributed by atoms with Gasteiger partial charge in [-0.3, -0.25) is 9.59 Å². The molecule has 0 aromatic carbocycles. The van der Waals surface area contributed by atoms with E-state index in [1.807, 2.05) is 13.1 Å². The van der Waals surface area contributed by atoms with Crippen LogP contribution in [0.4, 0.5) is 11.6 Å². The molecule has 3 N–H and O–H groups in total. The van der Waals surface area contributed by atoms with E-state index in [0.29, 0.717) is 30.1 Å². The summed E-state index contributed by atoms with van der Waals surface area (Å²) in [4.78, 5) is 31.3. The van der Waals surface area contributed by atoms with Gasteiger partial charge in [-0.1, -0.05) is 0 Å². The Morgan fingerprint density at radius 2 is 2.19 bits per heavy atom. The third kappa shape index (κ3) is 2.83. The maximum atomic E-state index is 12.5. The zero-order valence-corrected chi connectivity index (χ0v) is 15.0. The highest BCUT2D eigenvalue weighted by molar-refractivity contribution is 6.00. The van der Waals surface area contributed by atoms with Gasteiger partial charge < -0.3 is 20.9 Å². The molecule has 0 aliphatic carbocycles. The summed E-state index contributed by atoms with van der Waals surface area (Å²) < 4.78 is 1.62. The Morgan fingerprint density at radius 3 is 3.00 bits per heavy atom. The van der Waals surface area contributed by atoms with Crippen molar-refractivity contribution in [2.24, 2.45) is 5.92 Å². The lowest BCUT2D eigenvalue weighted by molar-refractivity contribution is -0.137. The lowest BCUT2D eigenvalue weighted by Gasteiger charge is -2.35. The van der Waals surface area contributed by atoms with E-state index in [4.69, 9.17) is 0 Å². The van der Waals surface area contributed by atoms with Crippen molar-refractivity contribution in [3.8, 4) is 0 Å². The second-order valence-corrected chi connectivity index (χ2v) is 6.96. The number of rotatable bonds is 1. The second-order valence-electron chi connectivity index (χ2n) is 6.96. The molecule has 4 bridgehead atoms. The van der Waals surface area contributed by atoms with Crippen LogP contribution in [-0.2, 0) is 4.79 Å². The smallest absolute Gasteiger partial charge is 0.256 e. The van der Waals surface area contributed by atoms with Crippen molar-refractivity contribution < 1.29 is 9.59 Å². The van der Waals surface area contributed by atoms with Crippen LogP contribution in [0.25, 0.3) is 5.65 Å². The molecule has 4 rings (SSSR count). The molecule has 2 aromatic rings. The largest absolute Gasteiger partial charge is 0.373 e. The number of hydrogen-bond acceptors (Lipinski definition) is 6. The van der Waals surface area contributed by atoms with E-state index in [-0.39, 0.29) is 23.8 Å². The Kier molecular flexibility index (Phi) is 4.14. The van der Waals surface area contributed by atoms with Crippen molar-refractivity contribution in [3.05, 3.63) is 17.8 Å². The molecule has 0 spiro atoms. The minimum absolute atomic E-state index is 0.0290. The van der Waals surface area contributed by atoms with E-state index in [1.54, 1.807) is 16.5 Å². The fourth-order valence-corrected chi connectivity index (χ4v) is 3.83. The second kappa shape index (κ2) is 6.47. The number of carbonyl (C=O) groups is 2. The van der Waals surface area contributed by atoms with Crippen LogP contribution < -0.4 is 16.0 Å². The molecule has 26 heavy (non-hydrogen) atoms. The molecule has 138 valence electrons. The normalized spacial score (nSPS) is 23.7. The summed E-state index contributed by atoms with van der Waals surface area (Å²) in [6, 6.07) is 1.99. The van der Waals surface area contributed by atoms with Crippen molar-refractivity contribution in [1.29, 1.82) is 0 Å².